The third-order valence-corrected chi connectivity index (χ3v) is 7.77. The van der Waals surface area contributed by atoms with Crippen molar-refractivity contribution in [1.82, 2.24) is 0 Å². The molecule has 240 valence electrons. The molecule has 0 bridgehead atoms. The maximum Gasteiger partial charge on any atom is 0.196 e. The number of carbonyl (C=O) groups excluding carboxylic acids is 2. The van der Waals surface area contributed by atoms with E-state index in [4.69, 9.17) is 9.47 Å². The zero-order valence-corrected chi connectivity index (χ0v) is 26.8. The van der Waals surface area contributed by atoms with Crippen LogP contribution in [0, 0.1) is 0 Å². The predicted molar refractivity (Wildman–Crippen MR) is 184 cm³/mol. The van der Waals surface area contributed by atoms with E-state index < -0.39 is 0 Å². The van der Waals surface area contributed by atoms with Crippen LogP contribution in [0.2, 0.25) is 0 Å². The van der Waals surface area contributed by atoms with Gasteiger partial charge in [0, 0.05) is 23.3 Å². The molecule has 46 heavy (non-hydrogen) atoms. The number of phenols is 2. The van der Waals surface area contributed by atoms with E-state index in [1.165, 1.54) is 25.0 Å². The number of phenolic OH excluding ortho intramolecular Hbond substituents is 2. The van der Waals surface area contributed by atoms with Crippen LogP contribution in [0.25, 0.3) is 12.2 Å². The Balaban J connectivity index is 1.31. The standard InChI is InChI=1S/C40H44O6/c1-3-5-7-9-25-45-33-21-23-35(37(41)27-33)39(43)31-17-13-29(14-18-31)11-12-30-15-19-32(20-16-30)40(44)36-24-22-34(28-38(36)42)46-26-10-8-6-4-2/h11-24,27-28,41-42H,3-10,25-26H2,1-2H3/b12-11+. The quantitative estimate of drug-likeness (QED) is 0.0654. The first-order chi connectivity index (χ1) is 22.4. The molecule has 4 aromatic carbocycles. The second kappa shape index (κ2) is 17.6. The largest absolute Gasteiger partial charge is 0.507 e. The zero-order valence-electron chi connectivity index (χ0n) is 26.8. The van der Waals surface area contributed by atoms with Crippen LogP contribution >= 0.6 is 0 Å². The number of rotatable bonds is 18. The van der Waals surface area contributed by atoms with Crippen molar-refractivity contribution in [2.45, 2.75) is 65.2 Å². The Morgan fingerprint density at radius 3 is 1.28 bits per heavy atom. The predicted octanol–water partition coefficient (Wildman–Crippen LogP) is 9.65. The zero-order chi connectivity index (χ0) is 32.7. The molecule has 4 aromatic rings. The number of benzene rings is 4. The highest BCUT2D eigenvalue weighted by atomic mass is 16.5. The van der Waals surface area contributed by atoms with Crippen LogP contribution in [0.4, 0.5) is 0 Å². The molecule has 0 saturated heterocycles. The van der Waals surface area contributed by atoms with Crippen LogP contribution in [0.15, 0.2) is 84.9 Å². The van der Waals surface area contributed by atoms with Gasteiger partial charge >= 0.3 is 0 Å². The lowest BCUT2D eigenvalue weighted by Crippen LogP contribution is -2.03. The summed E-state index contributed by atoms with van der Waals surface area (Å²) < 4.78 is 11.4. The smallest absolute Gasteiger partial charge is 0.196 e. The normalized spacial score (nSPS) is 11.1. The van der Waals surface area contributed by atoms with Gasteiger partial charge in [0.25, 0.3) is 0 Å². The van der Waals surface area contributed by atoms with Crippen LogP contribution in [0.3, 0.4) is 0 Å². The molecular weight excluding hydrogens is 576 g/mol. The maximum atomic E-state index is 13.0. The summed E-state index contributed by atoms with van der Waals surface area (Å²) in [6.45, 7) is 5.48. The second-order valence-electron chi connectivity index (χ2n) is 11.4. The Bertz CT molecular complexity index is 1480. The summed E-state index contributed by atoms with van der Waals surface area (Å²) in [5.74, 6) is 0.368. The SMILES string of the molecule is CCCCCCOc1ccc(C(=O)c2ccc(/C=C/c3ccc(C(=O)c4ccc(OCCCCCC)cc4O)cc3)cc2)c(O)c1. The molecule has 0 aliphatic rings. The van der Waals surface area contributed by atoms with E-state index in [1.807, 2.05) is 36.4 Å². The molecule has 0 heterocycles. The summed E-state index contributed by atoms with van der Waals surface area (Å²) in [4.78, 5) is 26.1. The number of ether oxygens (including phenoxy) is 2. The van der Waals surface area contributed by atoms with E-state index >= 15 is 0 Å². The summed E-state index contributed by atoms with van der Waals surface area (Å²) >= 11 is 0. The van der Waals surface area contributed by atoms with E-state index in [1.54, 1.807) is 48.5 Å². The number of hydrogen-bond acceptors (Lipinski definition) is 6. The van der Waals surface area contributed by atoms with E-state index in [-0.39, 0.29) is 34.2 Å². The number of hydrogen-bond donors (Lipinski definition) is 2. The monoisotopic (exact) mass is 620 g/mol. The molecule has 4 rings (SSSR count). The highest BCUT2D eigenvalue weighted by Gasteiger charge is 2.16. The van der Waals surface area contributed by atoms with Crippen molar-refractivity contribution < 1.29 is 29.3 Å². The summed E-state index contributed by atoms with van der Waals surface area (Å²) in [6, 6.07) is 23.9. The van der Waals surface area contributed by atoms with Gasteiger partial charge in [0.2, 0.25) is 0 Å². The van der Waals surface area contributed by atoms with Gasteiger partial charge in [-0.2, -0.15) is 0 Å². The lowest BCUT2D eigenvalue weighted by atomic mass is 10.00. The van der Waals surface area contributed by atoms with Crippen molar-refractivity contribution in [1.29, 1.82) is 0 Å². The number of unbranched alkanes of at least 4 members (excludes halogenated alkanes) is 6. The van der Waals surface area contributed by atoms with Crippen molar-refractivity contribution in [2.24, 2.45) is 0 Å². The topological polar surface area (TPSA) is 93.1 Å². The minimum absolute atomic E-state index is 0.101. The van der Waals surface area contributed by atoms with E-state index in [9.17, 15) is 19.8 Å². The van der Waals surface area contributed by atoms with Crippen molar-refractivity contribution in [3.63, 3.8) is 0 Å². The van der Waals surface area contributed by atoms with Crippen molar-refractivity contribution >= 4 is 23.7 Å². The molecule has 0 amide bonds. The maximum absolute atomic E-state index is 13.0. The van der Waals surface area contributed by atoms with Crippen LogP contribution in [0.1, 0.15) is 108 Å². The number of ketones is 2. The van der Waals surface area contributed by atoms with Gasteiger partial charge < -0.3 is 19.7 Å². The third kappa shape index (κ3) is 9.83. The number of aromatic hydroxyl groups is 2. The molecule has 0 aliphatic heterocycles. The highest BCUT2D eigenvalue weighted by Crippen LogP contribution is 2.28. The Morgan fingerprint density at radius 1 is 0.543 bits per heavy atom. The van der Waals surface area contributed by atoms with Crippen LogP contribution in [-0.2, 0) is 0 Å². The van der Waals surface area contributed by atoms with Gasteiger partial charge in [0.15, 0.2) is 11.6 Å². The molecule has 6 nitrogen and oxygen atoms in total. The molecular formula is C40H44O6. The summed E-state index contributed by atoms with van der Waals surface area (Å²) in [6.07, 6.45) is 12.6. The second-order valence-corrected chi connectivity index (χ2v) is 11.4. The summed E-state index contributed by atoms with van der Waals surface area (Å²) in [5, 5.41) is 20.9. The molecule has 0 atom stereocenters. The number of carbonyl (C=O) groups is 2. The molecule has 0 saturated carbocycles. The van der Waals surface area contributed by atoms with Gasteiger partial charge in [-0.3, -0.25) is 9.59 Å². The van der Waals surface area contributed by atoms with Gasteiger partial charge in [-0.15, -0.1) is 0 Å². The molecule has 0 aromatic heterocycles. The Morgan fingerprint density at radius 2 is 0.935 bits per heavy atom. The Hall–Kier alpha value is -4.84. The average molecular weight is 621 g/mol. The van der Waals surface area contributed by atoms with Crippen molar-refractivity contribution in [3.05, 3.63) is 118 Å². The third-order valence-electron chi connectivity index (χ3n) is 7.77. The first-order valence-corrected chi connectivity index (χ1v) is 16.3. The summed E-state index contributed by atoms with van der Waals surface area (Å²) in [7, 11) is 0. The fourth-order valence-electron chi connectivity index (χ4n) is 5.02. The van der Waals surface area contributed by atoms with Crippen LogP contribution in [-0.4, -0.2) is 35.0 Å². The Labute approximate surface area is 272 Å². The van der Waals surface area contributed by atoms with Gasteiger partial charge in [0.05, 0.1) is 24.3 Å². The fraction of sp³-hybridized carbons (Fsp3) is 0.300. The lowest BCUT2D eigenvalue weighted by Gasteiger charge is -2.09. The lowest BCUT2D eigenvalue weighted by molar-refractivity contribution is 0.102. The molecule has 0 aliphatic carbocycles. The average Bonchev–Trinajstić information content (AvgIpc) is 3.07. The molecule has 0 spiro atoms. The van der Waals surface area contributed by atoms with E-state index in [2.05, 4.69) is 13.8 Å². The minimum Gasteiger partial charge on any atom is -0.507 e. The minimum atomic E-state index is -0.265. The molecule has 2 N–H and O–H groups in total. The highest BCUT2D eigenvalue weighted by molar-refractivity contribution is 6.11. The van der Waals surface area contributed by atoms with Crippen molar-refractivity contribution in [3.8, 4) is 23.0 Å². The van der Waals surface area contributed by atoms with Gasteiger partial charge in [-0.05, 0) is 48.2 Å². The fourth-order valence-corrected chi connectivity index (χ4v) is 5.02. The van der Waals surface area contributed by atoms with Crippen molar-refractivity contribution in [2.75, 3.05) is 13.2 Å². The first-order valence-electron chi connectivity index (χ1n) is 16.3. The van der Waals surface area contributed by atoms with Gasteiger partial charge in [-0.25, -0.2) is 0 Å². The van der Waals surface area contributed by atoms with Crippen LogP contribution in [0.5, 0.6) is 23.0 Å². The van der Waals surface area contributed by atoms with E-state index in [0.29, 0.717) is 35.8 Å². The molecule has 0 unspecified atom stereocenters. The summed E-state index contributed by atoms with van der Waals surface area (Å²) in [5.41, 5.74) is 3.19. The van der Waals surface area contributed by atoms with Gasteiger partial charge in [0.1, 0.15) is 23.0 Å². The van der Waals surface area contributed by atoms with Crippen LogP contribution < -0.4 is 9.47 Å². The first kappa shape index (κ1) is 34.0. The van der Waals surface area contributed by atoms with Gasteiger partial charge in [-0.1, -0.05) is 113 Å². The Kier molecular flexibility index (Phi) is 13.0. The molecule has 0 radical (unpaired) electrons. The van der Waals surface area contributed by atoms with E-state index in [0.717, 1.165) is 49.7 Å². The molecule has 6 heteroatoms. The molecule has 0 fully saturated rings.